The SMILES string of the molecule is COc1cccc(C(=O)NCC(C)(O)C(C)C)c1F. The van der Waals surface area contributed by atoms with Gasteiger partial charge in [-0.05, 0) is 25.0 Å². The van der Waals surface area contributed by atoms with E-state index in [2.05, 4.69) is 5.32 Å². The van der Waals surface area contributed by atoms with Gasteiger partial charge >= 0.3 is 0 Å². The number of rotatable bonds is 5. The van der Waals surface area contributed by atoms with E-state index in [1.54, 1.807) is 6.92 Å². The Labute approximate surface area is 112 Å². The third-order valence-corrected chi connectivity index (χ3v) is 3.28. The molecule has 1 amide bonds. The fraction of sp³-hybridized carbons (Fsp3) is 0.500. The number of benzene rings is 1. The van der Waals surface area contributed by atoms with Crippen LogP contribution in [0.2, 0.25) is 0 Å². The Hall–Kier alpha value is -1.62. The summed E-state index contributed by atoms with van der Waals surface area (Å²) < 4.78 is 18.7. The molecule has 0 aliphatic rings. The van der Waals surface area contributed by atoms with Crippen LogP contribution in [0.25, 0.3) is 0 Å². The monoisotopic (exact) mass is 269 g/mol. The van der Waals surface area contributed by atoms with Crippen LogP contribution in [0.3, 0.4) is 0 Å². The van der Waals surface area contributed by atoms with Crippen LogP contribution in [0.4, 0.5) is 4.39 Å². The van der Waals surface area contributed by atoms with Crippen LogP contribution in [0, 0.1) is 11.7 Å². The smallest absolute Gasteiger partial charge is 0.254 e. The van der Waals surface area contributed by atoms with Crippen LogP contribution in [0.15, 0.2) is 18.2 Å². The highest BCUT2D eigenvalue weighted by Crippen LogP contribution is 2.20. The molecule has 0 saturated heterocycles. The van der Waals surface area contributed by atoms with Gasteiger partial charge in [0.2, 0.25) is 0 Å². The Morgan fingerprint density at radius 1 is 1.53 bits per heavy atom. The van der Waals surface area contributed by atoms with E-state index >= 15 is 0 Å². The Kier molecular flexibility index (Phi) is 4.89. The number of hydrogen-bond donors (Lipinski definition) is 2. The van der Waals surface area contributed by atoms with Crippen molar-refractivity contribution in [1.29, 1.82) is 0 Å². The van der Waals surface area contributed by atoms with Crippen LogP contribution in [-0.2, 0) is 0 Å². The molecule has 0 aliphatic heterocycles. The van der Waals surface area contributed by atoms with Gasteiger partial charge in [0, 0.05) is 6.54 Å². The molecule has 1 unspecified atom stereocenters. The Morgan fingerprint density at radius 2 is 2.16 bits per heavy atom. The lowest BCUT2D eigenvalue weighted by Gasteiger charge is -2.27. The summed E-state index contributed by atoms with van der Waals surface area (Å²) in [5.41, 5.74) is -1.13. The van der Waals surface area contributed by atoms with E-state index < -0.39 is 17.3 Å². The highest BCUT2D eigenvalue weighted by atomic mass is 19.1. The van der Waals surface area contributed by atoms with Gasteiger partial charge in [-0.3, -0.25) is 4.79 Å². The van der Waals surface area contributed by atoms with Crippen LogP contribution < -0.4 is 10.1 Å². The molecule has 0 saturated carbocycles. The Morgan fingerprint density at radius 3 is 2.68 bits per heavy atom. The van der Waals surface area contributed by atoms with Crippen molar-refractivity contribution in [2.45, 2.75) is 26.4 Å². The predicted octanol–water partition coefficient (Wildman–Crippen LogP) is 1.97. The first-order valence-electron chi connectivity index (χ1n) is 6.12. The zero-order valence-electron chi connectivity index (χ0n) is 11.7. The first-order chi connectivity index (χ1) is 8.79. The van der Waals surface area contributed by atoms with E-state index in [-0.39, 0.29) is 23.8 Å². The third-order valence-electron chi connectivity index (χ3n) is 3.28. The topological polar surface area (TPSA) is 58.6 Å². The molecule has 0 radical (unpaired) electrons. The Balaban J connectivity index is 2.80. The number of aliphatic hydroxyl groups is 1. The summed E-state index contributed by atoms with van der Waals surface area (Å²) >= 11 is 0. The largest absolute Gasteiger partial charge is 0.494 e. The minimum atomic E-state index is -1.04. The van der Waals surface area contributed by atoms with Crippen molar-refractivity contribution in [2.24, 2.45) is 5.92 Å². The van der Waals surface area contributed by atoms with E-state index in [4.69, 9.17) is 4.74 Å². The summed E-state index contributed by atoms with van der Waals surface area (Å²) in [6, 6.07) is 4.35. The highest BCUT2D eigenvalue weighted by molar-refractivity contribution is 5.94. The second kappa shape index (κ2) is 6.02. The molecule has 0 spiro atoms. The maximum atomic E-state index is 13.9. The number of amides is 1. The van der Waals surface area contributed by atoms with Crippen molar-refractivity contribution >= 4 is 5.91 Å². The molecule has 0 aliphatic carbocycles. The molecule has 0 heterocycles. The lowest BCUT2D eigenvalue weighted by atomic mass is 9.92. The van der Waals surface area contributed by atoms with E-state index in [1.165, 1.54) is 25.3 Å². The summed E-state index contributed by atoms with van der Waals surface area (Å²) in [4.78, 5) is 11.9. The lowest BCUT2D eigenvalue weighted by Crippen LogP contribution is -2.44. The van der Waals surface area contributed by atoms with Gasteiger partial charge in [0.25, 0.3) is 5.91 Å². The fourth-order valence-corrected chi connectivity index (χ4v) is 1.40. The minimum absolute atomic E-state index is 0.0169. The molecular formula is C14H20FNO3. The fourth-order valence-electron chi connectivity index (χ4n) is 1.40. The number of carbonyl (C=O) groups is 1. The summed E-state index contributed by atoms with van der Waals surface area (Å²) in [6.07, 6.45) is 0. The third kappa shape index (κ3) is 3.67. The van der Waals surface area contributed by atoms with Crippen molar-refractivity contribution in [3.63, 3.8) is 0 Å². The number of ether oxygens (including phenoxy) is 1. The number of hydrogen-bond acceptors (Lipinski definition) is 3. The van der Waals surface area contributed by atoms with Gasteiger partial charge in [-0.15, -0.1) is 0 Å². The van der Waals surface area contributed by atoms with E-state index in [0.29, 0.717) is 0 Å². The molecule has 1 aromatic carbocycles. The molecule has 1 aromatic rings. The van der Waals surface area contributed by atoms with Crippen LogP contribution in [0.5, 0.6) is 5.75 Å². The van der Waals surface area contributed by atoms with Gasteiger partial charge in [0.15, 0.2) is 11.6 Å². The standard InChI is InChI=1S/C14H20FNO3/c1-9(2)14(3,18)8-16-13(17)10-6-5-7-11(19-4)12(10)15/h5-7,9,18H,8H2,1-4H3,(H,16,17). The minimum Gasteiger partial charge on any atom is -0.494 e. The van der Waals surface area contributed by atoms with Crippen molar-refractivity contribution in [3.05, 3.63) is 29.6 Å². The predicted molar refractivity (Wildman–Crippen MR) is 70.7 cm³/mol. The molecule has 5 heteroatoms. The Bertz CT molecular complexity index is 458. The molecular weight excluding hydrogens is 249 g/mol. The first kappa shape index (κ1) is 15.4. The number of carbonyl (C=O) groups excluding carboxylic acids is 1. The molecule has 0 fully saturated rings. The van der Waals surface area contributed by atoms with Crippen LogP contribution >= 0.6 is 0 Å². The summed E-state index contributed by atoms with van der Waals surface area (Å²) in [6.45, 7) is 5.37. The molecule has 19 heavy (non-hydrogen) atoms. The van der Waals surface area contributed by atoms with Gasteiger partial charge in [0.1, 0.15) is 0 Å². The highest BCUT2D eigenvalue weighted by Gasteiger charge is 2.26. The zero-order chi connectivity index (χ0) is 14.6. The summed E-state index contributed by atoms with van der Waals surface area (Å²) in [7, 11) is 1.34. The molecule has 4 nitrogen and oxygen atoms in total. The van der Waals surface area contributed by atoms with Gasteiger partial charge in [-0.2, -0.15) is 0 Å². The molecule has 0 aromatic heterocycles. The van der Waals surface area contributed by atoms with Gasteiger partial charge < -0.3 is 15.2 Å². The van der Waals surface area contributed by atoms with E-state index in [1.807, 2.05) is 13.8 Å². The van der Waals surface area contributed by atoms with Gasteiger partial charge in [0.05, 0.1) is 18.3 Å². The molecule has 0 bridgehead atoms. The number of halogens is 1. The maximum Gasteiger partial charge on any atom is 0.254 e. The normalized spacial score (nSPS) is 14.1. The molecule has 1 rings (SSSR count). The van der Waals surface area contributed by atoms with E-state index in [9.17, 15) is 14.3 Å². The van der Waals surface area contributed by atoms with Gasteiger partial charge in [-0.25, -0.2) is 4.39 Å². The number of methoxy groups -OCH3 is 1. The maximum absolute atomic E-state index is 13.9. The van der Waals surface area contributed by atoms with E-state index in [0.717, 1.165) is 0 Å². The average Bonchev–Trinajstić information content (AvgIpc) is 2.36. The van der Waals surface area contributed by atoms with Crippen molar-refractivity contribution in [2.75, 3.05) is 13.7 Å². The van der Waals surface area contributed by atoms with Crippen molar-refractivity contribution < 1.29 is 19.0 Å². The van der Waals surface area contributed by atoms with Crippen LogP contribution in [0.1, 0.15) is 31.1 Å². The average molecular weight is 269 g/mol. The quantitative estimate of drug-likeness (QED) is 0.859. The van der Waals surface area contributed by atoms with Crippen LogP contribution in [-0.4, -0.2) is 30.3 Å². The lowest BCUT2D eigenvalue weighted by molar-refractivity contribution is 0.0142. The molecule has 1 atom stereocenters. The first-order valence-corrected chi connectivity index (χ1v) is 6.12. The van der Waals surface area contributed by atoms with Crippen molar-refractivity contribution in [3.8, 4) is 5.75 Å². The molecule has 2 N–H and O–H groups in total. The summed E-state index contributed by atoms with van der Waals surface area (Å²) in [5, 5.41) is 12.6. The molecule has 106 valence electrons. The van der Waals surface area contributed by atoms with Gasteiger partial charge in [-0.1, -0.05) is 19.9 Å². The summed E-state index contributed by atoms with van der Waals surface area (Å²) in [5.74, 6) is -1.28. The van der Waals surface area contributed by atoms with Crippen molar-refractivity contribution in [1.82, 2.24) is 5.32 Å². The second-order valence-electron chi connectivity index (χ2n) is 5.02. The second-order valence-corrected chi connectivity index (χ2v) is 5.02. The number of nitrogens with one attached hydrogen (secondary N) is 1. The zero-order valence-corrected chi connectivity index (χ0v) is 11.7.